The maximum atomic E-state index is 12.1. The molecule has 0 aliphatic carbocycles. The van der Waals surface area contributed by atoms with Gasteiger partial charge >= 0.3 is 0 Å². The minimum Gasteiger partial charge on any atom is -0.308 e. The molecule has 6 heteroatoms. The first-order chi connectivity index (χ1) is 10.4. The van der Waals surface area contributed by atoms with Crippen molar-refractivity contribution in [3.63, 3.8) is 0 Å². The molecule has 0 bridgehead atoms. The van der Waals surface area contributed by atoms with E-state index in [0.717, 1.165) is 5.56 Å². The predicted octanol–water partition coefficient (Wildman–Crippen LogP) is 2.65. The molecule has 22 heavy (non-hydrogen) atoms. The first-order valence-electron chi connectivity index (χ1n) is 6.84. The van der Waals surface area contributed by atoms with Gasteiger partial charge in [-0.05, 0) is 13.8 Å². The Bertz CT molecular complexity index is 776. The number of hydrogen-bond donors (Lipinski definition) is 0. The van der Waals surface area contributed by atoms with Crippen molar-refractivity contribution in [2.75, 3.05) is 0 Å². The first kappa shape index (κ1) is 15.6. The zero-order valence-electron chi connectivity index (χ0n) is 12.4. The van der Waals surface area contributed by atoms with Gasteiger partial charge in [0.25, 0.3) is 11.2 Å². The van der Waals surface area contributed by atoms with Gasteiger partial charge in [0.2, 0.25) is 0 Å². The molecule has 0 saturated heterocycles. The molecule has 0 saturated carbocycles. The highest BCUT2D eigenvalue weighted by molar-refractivity contribution is 5.96. The topological polar surface area (TPSA) is 82.2 Å². The van der Waals surface area contributed by atoms with E-state index in [-0.39, 0.29) is 30.0 Å². The zero-order valence-corrected chi connectivity index (χ0v) is 12.4. The van der Waals surface area contributed by atoms with Gasteiger partial charge in [0.15, 0.2) is 5.78 Å². The molecule has 0 atom stereocenters. The Kier molecular flexibility index (Phi) is 4.50. The van der Waals surface area contributed by atoms with E-state index in [0.29, 0.717) is 11.1 Å². The number of benzene rings is 1. The van der Waals surface area contributed by atoms with E-state index < -0.39 is 4.92 Å². The smallest absolute Gasteiger partial charge is 0.288 e. The number of rotatable bonds is 5. The van der Waals surface area contributed by atoms with E-state index in [2.05, 4.69) is 0 Å². The molecular formula is C16H16N2O4. The van der Waals surface area contributed by atoms with Crippen molar-refractivity contribution in [3.8, 4) is 0 Å². The van der Waals surface area contributed by atoms with Gasteiger partial charge in [0.05, 0.1) is 11.1 Å². The predicted molar refractivity (Wildman–Crippen MR) is 82.2 cm³/mol. The SMILES string of the molecule is Cc1ccc(C(=O)CCn2cc([N+](=O)[O-])c(C)cc2=O)cc1. The molecule has 114 valence electrons. The fourth-order valence-electron chi connectivity index (χ4n) is 2.13. The quantitative estimate of drug-likeness (QED) is 0.483. The molecule has 0 N–H and O–H groups in total. The van der Waals surface area contributed by atoms with Crippen molar-refractivity contribution in [2.24, 2.45) is 0 Å². The third-order valence-electron chi connectivity index (χ3n) is 3.46. The van der Waals surface area contributed by atoms with Crippen molar-refractivity contribution >= 4 is 11.5 Å². The van der Waals surface area contributed by atoms with Crippen molar-refractivity contribution in [2.45, 2.75) is 26.8 Å². The van der Waals surface area contributed by atoms with Crippen LogP contribution in [0, 0.1) is 24.0 Å². The lowest BCUT2D eigenvalue weighted by atomic mass is 10.1. The third kappa shape index (κ3) is 3.46. The second-order valence-electron chi connectivity index (χ2n) is 5.17. The number of nitro groups is 1. The van der Waals surface area contributed by atoms with Crippen LogP contribution in [-0.4, -0.2) is 15.3 Å². The van der Waals surface area contributed by atoms with Gasteiger partial charge in [-0.15, -0.1) is 0 Å². The summed E-state index contributed by atoms with van der Waals surface area (Å²) < 4.78 is 1.21. The van der Waals surface area contributed by atoms with Gasteiger partial charge in [0, 0.05) is 30.2 Å². The summed E-state index contributed by atoms with van der Waals surface area (Å²) in [5.41, 5.74) is 1.47. The molecule has 0 spiro atoms. The van der Waals surface area contributed by atoms with Crippen LogP contribution in [-0.2, 0) is 6.54 Å². The molecule has 6 nitrogen and oxygen atoms in total. The van der Waals surface area contributed by atoms with E-state index in [1.165, 1.54) is 23.8 Å². The van der Waals surface area contributed by atoms with Gasteiger partial charge in [-0.25, -0.2) is 0 Å². The highest BCUT2D eigenvalue weighted by atomic mass is 16.6. The lowest BCUT2D eigenvalue weighted by molar-refractivity contribution is -0.385. The van der Waals surface area contributed by atoms with Crippen LogP contribution in [0.4, 0.5) is 5.69 Å². The third-order valence-corrected chi connectivity index (χ3v) is 3.46. The van der Waals surface area contributed by atoms with Crippen LogP contribution in [0.3, 0.4) is 0 Å². The largest absolute Gasteiger partial charge is 0.308 e. The molecule has 1 heterocycles. The Morgan fingerprint density at radius 2 is 1.86 bits per heavy atom. The number of nitrogens with zero attached hydrogens (tertiary/aromatic N) is 2. The average Bonchev–Trinajstić information content (AvgIpc) is 2.46. The van der Waals surface area contributed by atoms with Gasteiger partial charge in [0.1, 0.15) is 0 Å². The van der Waals surface area contributed by atoms with Crippen molar-refractivity contribution in [1.82, 2.24) is 4.57 Å². The van der Waals surface area contributed by atoms with E-state index in [1.54, 1.807) is 12.1 Å². The molecule has 0 amide bonds. The normalized spacial score (nSPS) is 10.5. The maximum absolute atomic E-state index is 12.1. The zero-order chi connectivity index (χ0) is 16.3. The summed E-state index contributed by atoms with van der Waals surface area (Å²) in [5, 5.41) is 10.9. The maximum Gasteiger partial charge on any atom is 0.288 e. The second-order valence-corrected chi connectivity index (χ2v) is 5.17. The summed E-state index contributed by atoms with van der Waals surface area (Å²) in [6.07, 6.45) is 1.31. The lowest BCUT2D eigenvalue weighted by Crippen LogP contribution is -2.21. The molecule has 1 aromatic carbocycles. The van der Waals surface area contributed by atoms with Crippen LogP contribution in [0.15, 0.2) is 41.3 Å². The Morgan fingerprint density at radius 1 is 1.23 bits per heavy atom. The first-order valence-corrected chi connectivity index (χ1v) is 6.84. The van der Waals surface area contributed by atoms with Crippen LogP contribution >= 0.6 is 0 Å². The fourth-order valence-corrected chi connectivity index (χ4v) is 2.13. The van der Waals surface area contributed by atoms with Crippen LogP contribution < -0.4 is 5.56 Å². The monoisotopic (exact) mass is 300 g/mol. The minimum absolute atomic E-state index is 0.102. The molecule has 1 aromatic heterocycles. The Morgan fingerprint density at radius 3 is 2.45 bits per heavy atom. The van der Waals surface area contributed by atoms with E-state index in [1.807, 2.05) is 19.1 Å². The van der Waals surface area contributed by atoms with Crippen LogP contribution in [0.2, 0.25) is 0 Å². The molecule has 0 aliphatic heterocycles. The standard InChI is InChI=1S/C16H16N2O4/c1-11-3-5-13(6-4-11)15(19)7-8-17-10-14(18(21)22)12(2)9-16(17)20/h3-6,9-10H,7-8H2,1-2H3. The average molecular weight is 300 g/mol. The Labute approximate surface area is 127 Å². The van der Waals surface area contributed by atoms with Gasteiger partial charge in [-0.3, -0.25) is 19.7 Å². The van der Waals surface area contributed by atoms with Crippen LogP contribution in [0.25, 0.3) is 0 Å². The molecule has 2 rings (SSSR count). The highest BCUT2D eigenvalue weighted by Gasteiger charge is 2.14. The highest BCUT2D eigenvalue weighted by Crippen LogP contribution is 2.14. The summed E-state index contributed by atoms with van der Waals surface area (Å²) in [6.45, 7) is 3.56. The summed E-state index contributed by atoms with van der Waals surface area (Å²) in [5.74, 6) is -0.102. The number of aryl methyl sites for hydroxylation is 3. The summed E-state index contributed by atoms with van der Waals surface area (Å²) >= 11 is 0. The molecule has 0 radical (unpaired) electrons. The molecule has 0 aliphatic rings. The number of pyridine rings is 1. The Balaban J connectivity index is 2.16. The number of Topliss-reactive ketones (excluding diaryl/α,β-unsaturated/α-hetero) is 1. The summed E-state index contributed by atoms with van der Waals surface area (Å²) in [6, 6.07) is 8.37. The summed E-state index contributed by atoms with van der Waals surface area (Å²) in [7, 11) is 0. The van der Waals surface area contributed by atoms with E-state index in [9.17, 15) is 19.7 Å². The van der Waals surface area contributed by atoms with Gasteiger partial charge in [-0.1, -0.05) is 29.8 Å². The number of ketones is 1. The second kappa shape index (κ2) is 6.34. The van der Waals surface area contributed by atoms with Crippen molar-refractivity contribution in [1.29, 1.82) is 0 Å². The van der Waals surface area contributed by atoms with E-state index in [4.69, 9.17) is 0 Å². The number of hydrogen-bond acceptors (Lipinski definition) is 4. The number of aromatic nitrogens is 1. The minimum atomic E-state index is -0.535. The molecule has 2 aromatic rings. The fraction of sp³-hybridized carbons (Fsp3) is 0.250. The number of carbonyl (C=O) groups excluding carboxylic acids is 1. The summed E-state index contributed by atoms with van der Waals surface area (Å²) in [4.78, 5) is 34.3. The molecule has 0 fully saturated rings. The van der Waals surface area contributed by atoms with Crippen LogP contribution in [0.1, 0.15) is 27.9 Å². The number of carbonyl (C=O) groups is 1. The van der Waals surface area contributed by atoms with Crippen molar-refractivity contribution in [3.05, 3.63) is 73.7 Å². The Hall–Kier alpha value is -2.76. The molecular weight excluding hydrogens is 284 g/mol. The van der Waals surface area contributed by atoms with Crippen molar-refractivity contribution < 1.29 is 9.72 Å². The van der Waals surface area contributed by atoms with Crippen LogP contribution in [0.5, 0.6) is 0 Å². The van der Waals surface area contributed by atoms with Gasteiger partial charge < -0.3 is 4.57 Å². The van der Waals surface area contributed by atoms with E-state index >= 15 is 0 Å². The van der Waals surface area contributed by atoms with Gasteiger partial charge in [-0.2, -0.15) is 0 Å². The molecule has 0 unspecified atom stereocenters. The lowest BCUT2D eigenvalue weighted by Gasteiger charge is -2.06.